The highest BCUT2D eigenvalue weighted by Crippen LogP contribution is 2.15. The van der Waals surface area contributed by atoms with Crippen molar-refractivity contribution in [3.8, 4) is 0 Å². The third kappa shape index (κ3) is 5.56. The zero-order valence-electron chi connectivity index (χ0n) is 14.6. The lowest BCUT2D eigenvalue weighted by Crippen LogP contribution is -2.28. The van der Waals surface area contributed by atoms with E-state index in [2.05, 4.69) is 25.6 Å². The van der Waals surface area contributed by atoms with Gasteiger partial charge in [0.25, 0.3) is 0 Å². The van der Waals surface area contributed by atoms with Crippen LogP contribution in [0.3, 0.4) is 0 Å². The van der Waals surface area contributed by atoms with Gasteiger partial charge in [0.2, 0.25) is 10.0 Å². The van der Waals surface area contributed by atoms with Gasteiger partial charge in [0.1, 0.15) is 0 Å². The summed E-state index contributed by atoms with van der Waals surface area (Å²) in [5, 5.41) is 12.3. The van der Waals surface area contributed by atoms with Crippen LogP contribution in [0.4, 0.5) is 10.5 Å². The molecular weight excluding hydrogens is 402 g/mol. The van der Waals surface area contributed by atoms with Crippen molar-refractivity contribution in [3.05, 3.63) is 77.1 Å². The maximum Gasteiger partial charge on any atom is 0.319 e. The predicted octanol–water partition coefficient (Wildman–Crippen LogP) is 2.86. The number of rotatable bonds is 7. The molecule has 0 saturated heterocycles. The predicted molar refractivity (Wildman–Crippen MR) is 106 cm³/mol. The van der Waals surface area contributed by atoms with Crippen LogP contribution in [0.25, 0.3) is 0 Å². The Morgan fingerprint density at radius 2 is 1.71 bits per heavy atom. The summed E-state index contributed by atoms with van der Waals surface area (Å²) in [6.07, 6.45) is 3.29. The van der Waals surface area contributed by atoms with Crippen LogP contribution in [0.2, 0.25) is 5.02 Å². The van der Waals surface area contributed by atoms with E-state index >= 15 is 0 Å². The molecular formula is C18H18ClN5O3S. The molecule has 1 heterocycles. The number of aromatic nitrogens is 2. The van der Waals surface area contributed by atoms with E-state index in [1.54, 1.807) is 36.7 Å². The topological polar surface area (TPSA) is 116 Å². The second kappa shape index (κ2) is 8.87. The molecule has 0 aliphatic heterocycles. The average Bonchev–Trinajstić information content (AvgIpc) is 3.20. The Labute approximate surface area is 167 Å². The van der Waals surface area contributed by atoms with Crippen molar-refractivity contribution in [2.75, 3.05) is 5.32 Å². The fourth-order valence-electron chi connectivity index (χ4n) is 2.31. The Morgan fingerprint density at radius 3 is 2.36 bits per heavy atom. The van der Waals surface area contributed by atoms with Crippen LogP contribution in [0.5, 0.6) is 0 Å². The first kappa shape index (κ1) is 19.9. The molecule has 2 amide bonds. The van der Waals surface area contributed by atoms with Gasteiger partial charge in [0.05, 0.1) is 11.1 Å². The molecule has 8 nitrogen and oxygen atoms in total. The molecule has 3 rings (SSSR count). The maximum absolute atomic E-state index is 12.4. The fourth-order valence-corrected chi connectivity index (χ4v) is 3.46. The lowest BCUT2D eigenvalue weighted by molar-refractivity contribution is 0.251. The van der Waals surface area contributed by atoms with Crippen LogP contribution in [0.15, 0.2) is 65.8 Å². The lowest BCUT2D eigenvalue weighted by atomic mass is 10.2. The lowest BCUT2D eigenvalue weighted by Gasteiger charge is -2.09. The van der Waals surface area contributed by atoms with E-state index in [0.29, 0.717) is 17.3 Å². The quantitative estimate of drug-likeness (QED) is 0.471. The third-order valence-corrected chi connectivity index (χ3v) is 5.48. The summed E-state index contributed by atoms with van der Waals surface area (Å²) < 4.78 is 27.3. The minimum absolute atomic E-state index is 0.103. The van der Waals surface area contributed by atoms with Crippen molar-refractivity contribution < 1.29 is 13.2 Å². The Hall–Kier alpha value is -2.88. The summed E-state index contributed by atoms with van der Waals surface area (Å²) in [7, 11) is -3.68. The summed E-state index contributed by atoms with van der Waals surface area (Å²) in [6.45, 7) is 0.472. The van der Waals surface area contributed by atoms with Gasteiger partial charge in [-0.15, -0.1) is 0 Å². The number of aromatic amines is 1. The number of hydrogen-bond acceptors (Lipinski definition) is 4. The van der Waals surface area contributed by atoms with Gasteiger partial charge in [-0.25, -0.2) is 17.9 Å². The van der Waals surface area contributed by atoms with Crippen molar-refractivity contribution in [2.24, 2.45) is 0 Å². The zero-order chi connectivity index (χ0) is 20.0. The molecule has 1 aromatic heterocycles. The van der Waals surface area contributed by atoms with Crippen LogP contribution in [0, 0.1) is 0 Å². The number of nitrogens with zero attached hydrogens (tertiary/aromatic N) is 1. The number of carbonyl (C=O) groups is 1. The third-order valence-electron chi connectivity index (χ3n) is 3.81. The van der Waals surface area contributed by atoms with E-state index in [0.717, 1.165) is 11.1 Å². The van der Waals surface area contributed by atoms with Crippen LogP contribution in [0.1, 0.15) is 11.1 Å². The van der Waals surface area contributed by atoms with E-state index in [1.165, 1.54) is 24.3 Å². The summed E-state index contributed by atoms with van der Waals surface area (Å²) in [5.74, 6) is 0. The number of halogens is 1. The molecule has 4 N–H and O–H groups in total. The number of H-pyrrole nitrogens is 1. The molecule has 0 unspecified atom stereocenters. The number of sulfonamides is 1. The van der Waals surface area contributed by atoms with E-state index in [4.69, 9.17) is 11.6 Å². The molecule has 0 fully saturated rings. The Morgan fingerprint density at radius 1 is 1.00 bits per heavy atom. The summed E-state index contributed by atoms with van der Waals surface area (Å²) in [6, 6.07) is 12.4. The van der Waals surface area contributed by atoms with Crippen molar-refractivity contribution in [1.82, 2.24) is 20.2 Å². The van der Waals surface area contributed by atoms with E-state index in [-0.39, 0.29) is 11.4 Å². The summed E-state index contributed by atoms with van der Waals surface area (Å²) in [5.41, 5.74) is 2.10. The molecule has 0 aliphatic rings. The number of benzene rings is 2. The number of hydrogen-bond donors (Lipinski definition) is 4. The van der Waals surface area contributed by atoms with Crippen LogP contribution < -0.4 is 15.4 Å². The van der Waals surface area contributed by atoms with Crippen LogP contribution in [-0.4, -0.2) is 24.6 Å². The van der Waals surface area contributed by atoms with Crippen molar-refractivity contribution in [3.63, 3.8) is 0 Å². The highest BCUT2D eigenvalue weighted by Gasteiger charge is 2.14. The molecule has 0 atom stereocenters. The first-order valence-corrected chi connectivity index (χ1v) is 10.2. The normalized spacial score (nSPS) is 11.2. The highest BCUT2D eigenvalue weighted by atomic mass is 35.5. The number of anilines is 1. The summed E-state index contributed by atoms with van der Waals surface area (Å²) >= 11 is 5.82. The minimum atomic E-state index is -3.68. The van der Waals surface area contributed by atoms with Gasteiger partial charge < -0.3 is 10.6 Å². The molecule has 2 aromatic carbocycles. The van der Waals surface area contributed by atoms with Crippen molar-refractivity contribution in [1.29, 1.82) is 0 Å². The molecule has 0 aliphatic carbocycles. The molecule has 3 aromatic rings. The molecule has 28 heavy (non-hydrogen) atoms. The number of nitrogens with one attached hydrogen (secondary N) is 4. The van der Waals surface area contributed by atoms with Crippen molar-refractivity contribution >= 4 is 33.3 Å². The van der Waals surface area contributed by atoms with Crippen LogP contribution >= 0.6 is 11.6 Å². The van der Waals surface area contributed by atoms with Crippen LogP contribution in [-0.2, 0) is 23.1 Å². The fraction of sp³-hybridized carbons (Fsp3) is 0.111. The molecule has 10 heteroatoms. The van der Waals surface area contributed by atoms with E-state index in [1.807, 2.05) is 0 Å². The Balaban J connectivity index is 1.54. The zero-order valence-corrected chi connectivity index (χ0v) is 16.2. The van der Waals surface area contributed by atoms with Gasteiger partial charge >= 0.3 is 6.03 Å². The van der Waals surface area contributed by atoms with Gasteiger partial charge in [-0.05, 0) is 42.0 Å². The van der Waals surface area contributed by atoms with E-state index in [9.17, 15) is 13.2 Å². The molecule has 146 valence electrons. The maximum atomic E-state index is 12.4. The second-order valence-electron chi connectivity index (χ2n) is 5.89. The average molecular weight is 420 g/mol. The number of amides is 2. The number of carbonyl (C=O) groups excluding carboxylic acids is 1. The monoisotopic (exact) mass is 419 g/mol. The largest absolute Gasteiger partial charge is 0.334 e. The molecule has 0 bridgehead atoms. The second-order valence-corrected chi connectivity index (χ2v) is 8.09. The molecule has 0 saturated carbocycles. The Bertz CT molecular complexity index is 1020. The SMILES string of the molecule is O=C(NCc1cn[nH]c1)Nc1ccc(S(=O)(=O)NCc2ccc(Cl)cc2)cc1. The molecule has 0 spiro atoms. The smallest absolute Gasteiger partial charge is 0.319 e. The highest BCUT2D eigenvalue weighted by molar-refractivity contribution is 7.89. The first-order chi connectivity index (χ1) is 13.4. The minimum Gasteiger partial charge on any atom is -0.334 e. The van der Waals surface area contributed by atoms with Gasteiger partial charge in [0.15, 0.2) is 0 Å². The Kier molecular flexibility index (Phi) is 6.30. The van der Waals surface area contributed by atoms with Crippen molar-refractivity contribution in [2.45, 2.75) is 18.0 Å². The summed E-state index contributed by atoms with van der Waals surface area (Å²) in [4.78, 5) is 12.0. The first-order valence-electron chi connectivity index (χ1n) is 8.29. The van der Waals surface area contributed by atoms with Gasteiger partial charge in [-0.1, -0.05) is 23.7 Å². The van der Waals surface area contributed by atoms with E-state index < -0.39 is 16.1 Å². The standard InChI is InChI=1S/C18H18ClN5O3S/c19-15-3-1-13(2-4-15)12-23-28(26,27)17-7-5-16(6-8-17)24-18(25)20-9-14-10-21-22-11-14/h1-8,10-11,23H,9,12H2,(H,21,22)(H2,20,24,25). The van der Waals surface area contributed by atoms with Gasteiger partial charge in [-0.2, -0.15) is 5.10 Å². The van der Waals surface area contributed by atoms with Gasteiger partial charge in [-0.3, -0.25) is 5.10 Å². The number of urea groups is 1. The van der Waals surface area contributed by atoms with Gasteiger partial charge in [0, 0.05) is 35.6 Å². The molecule has 0 radical (unpaired) electrons.